The molecule has 0 bridgehead atoms. The summed E-state index contributed by atoms with van der Waals surface area (Å²) in [5.74, 6) is 0.886. The lowest BCUT2D eigenvalue weighted by Gasteiger charge is -2.30. The van der Waals surface area contributed by atoms with Gasteiger partial charge >= 0.3 is 0 Å². The Morgan fingerprint density at radius 1 is 0.950 bits per heavy atom. The first-order chi connectivity index (χ1) is 9.53. The van der Waals surface area contributed by atoms with E-state index in [0.29, 0.717) is 0 Å². The van der Waals surface area contributed by atoms with E-state index in [9.17, 15) is 0 Å². The predicted octanol–water partition coefficient (Wildman–Crippen LogP) is 4.71. The summed E-state index contributed by atoms with van der Waals surface area (Å²) >= 11 is 13.4. The van der Waals surface area contributed by atoms with Crippen molar-refractivity contribution < 1.29 is 4.74 Å². The summed E-state index contributed by atoms with van der Waals surface area (Å²) in [5, 5.41) is 0. The smallest absolute Gasteiger partial charge is 0.176 e. The second-order valence-corrected chi connectivity index (χ2v) is 7.17. The van der Waals surface area contributed by atoms with E-state index in [1.165, 1.54) is 5.56 Å². The maximum absolute atomic E-state index is 6.68. The quantitative estimate of drug-likeness (QED) is 0.693. The highest BCUT2D eigenvalue weighted by molar-refractivity contribution is 6.53. The largest absolute Gasteiger partial charge is 0.478 e. The molecular weight excluding hydrogens is 291 g/mol. The first-order valence-electron chi connectivity index (χ1n) is 6.73. The highest BCUT2D eigenvalue weighted by Crippen LogP contribution is 2.80. The predicted molar refractivity (Wildman–Crippen MR) is 81.4 cm³/mol. The molecule has 0 saturated heterocycles. The van der Waals surface area contributed by atoms with Gasteiger partial charge in [0.25, 0.3) is 0 Å². The molecule has 1 heterocycles. The van der Waals surface area contributed by atoms with Gasteiger partial charge in [0.2, 0.25) is 0 Å². The average Bonchev–Trinajstić information content (AvgIpc) is 2.86. The Labute approximate surface area is 128 Å². The number of alkyl halides is 2. The van der Waals surface area contributed by atoms with Crippen LogP contribution >= 0.6 is 23.2 Å². The van der Waals surface area contributed by atoms with Crippen molar-refractivity contribution in [2.75, 3.05) is 0 Å². The normalized spacial score (nSPS) is 32.8. The Kier molecular flexibility index (Phi) is 2.33. The number of fused-ring (bicyclic) bond motifs is 2. The third-order valence-corrected chi connectivity index (χ3v) is 6.18. The van der Waals surface area contributed by atoms with Crippen LogP contribution in [0.1, 0.15) is 18.1 Å². The first-order valence-corrected chi connectivity index (χ1v) is 7.49. The molecule has 0 N–H and O–H groups in total. The second kappa shape index (κ2) is 3.72. The molecule has 2 aromatic rings. The van der Waals surface area contributed by atoms with Crippen molar-refractivity contribution in [2.24, 2.45) is 5.41 Å². The SMILES string of the molecule is C[C@@]12Cc3ccccc3O[C@]1(c1ccccc1)C2(Cl)Cl. The summed E-state index contributed by atoms with van der Waals surface area (Å²) < 4.78 is 5.42. The molecule has 0 spiro atoms. The van der Waals surface area contributed by atoms with E-state index in [1.54, 1.807) is 0 Å². The van der Waals surface area contributed by atoms with E-state index in [2.05, 4.69) is 13.0 Å². The molecule has 1 aliphatic carbocycles. The molecule has 2 atom stereocenters. The van der Waals surface area contributed by atoms with Crippen molar-refractivity contribution >= 4 is 23.2 Å². The molecule has 0 radical (unpaired) electrons. The maximum atomic E-state index is 6.68. The van der Waals surface area contributed by atoms with Crippen LogP contribution in [0.3, 0.4) is 0 Å². The van der Waals surface area contributed by atoms with E-state index < -0.39 is 9.93 Å². The average molecular weight is 305 g/mol. The van der Waals surface area contributed by atoms with Gasteiger partial charge in [-0.2, -0.15) is 0 Å². The Bertz CT molecular complexity index is 682. The van der Waals surface area contributed by atoms with Gasteiger partial charge in [-0.05, 0) is 23.6 Å². The van der Waals surface area contributed by atoms with Gasteiger partial charge in [-0.1, -0.05) is 78.7 Å². The molecule has 1 fully saturated rings. The molecule has 2 aliphatic rings. The Morgan fingerprint density at radius 3 is 2.35 bits per heavy atom. The highest BCUT2D eigenvalue weighted by atomic mass is 35.5. The van der Waals surface area contributed by atoms with Gasteiger partial charge in [-0.25, -0.2) is 0 Å². The Hall–Kier alpha value is -1.18. The van der Waals surface area contributed by atoms with Crippen molar-refractivity contribution in [3.8, 4) is 5.75 Å². The van der Waals surface area contributed by atoms with E-state index in [4.69, 9.17) is 27.9 Å². The minimum absolute atomic E-state index is 0.307. The zero-order valence-electron chi connectivity index (χ0n) is 11.1. The summed E-state index contributed by atoms with van der Waals surface area (Å²) in [7, 11) is 0. The third-order valence-electron chi connectivity index (χ3n) is 4.81. The van der Waals surface area contributed by atoms with Crippen LogP contribution in [-0.2, 0) is 12.0 Å². The summed E-state index contributed by atoms with van der Waals surface area (Å²) in [6.45, 7) is 2.11. The molecule has 20 heavy (non-hydrogen) atoms. The molecule has 1 aliphatic heterocycles. The number of rotatable bonds is 1. The molecule has 102 valence electrons. The van der Waals surface area contributed by atoms with Crippen LogP contribution in [0.4, 0.5) is 0 Å². The number of hydrogen-bond acceptors (Lipinski definition) is 1. The summed E-state index contributed by atoms with van der Waals surface area (Å²) in [6.07, 6.45) is 0.824. The maximum Gasteiger partial charge on any atom is 0.176 e. The van der Waals surface area contributed by atoms with E-state index in [1.807, 2.05) is 48.5 Å². The topological polar surface area (TPSA) is 9.23 Å². The minimum Gasteiger partial charge on any atom is -0.478 e. The van der Waals surface area contributed by atoms with Gasteiger partial charge in [-0.3, -0.25) is 0 Å². The minimum atomic E-state index is -0.916. The first kappa shape index (κ1) is 12.6. The summed E-state index contributed by atoms with van der Waals surface area (Å²) in [5.41, 5.74) is 1.25. The fourth-order valence-corrected chi connectivity index (χ4v) is 4.61. The number of hydrogen-bond donors (Lipinski definition) is 0. The lowest BCUT2D eigenvalue weighted by molar-refractivity contribution is 0.111. The van der Waals surface area contributed by atoms with Crippen LogP contribution < -0.4 is 4.74 Å². The number of halogens is 2. The summed E-state index contributed by atoms with van der Waals surface area (Å²) in [6, 6.07) is 18.1. The number of ether oxygens (including phenoxy) is 1. The van der Waals surface area contributed by atoms with Crippen LogP contribution in [0.5, 0.6) is 5.75 Å². The third kappa shape index (κ3) is 1.22. The molecule has 0 amide bonds. The zero-order chi connectivity index (χ0) is 14.0. The van der Waals surface area contributed by atoms with Crippen molar-refractivity contribution in [2.45, 2.75) is 23.3 Å². The molecule has 4 rings (SSSR count). The fourth-order valence-electron chi connectivity index (χ4n) is 3.59. The van der Waals surface area contributed by atoms with Crippen molar-refractivity contribution in [1.82, 2.24) is 0 Å². The van der Waals surface area contributed by atoms with Crippen LogP contribution in [0.25, 0.3) is 0 Å². The molecule has 2 aromatic carbocycles. The molecule has 0 unspecified atom stereocenters. The van der Waals surface area contributed by atoms with Gasteiger partial charge in [0.05, 0.1) is 5.41 Å². The van der Waals surface area contributed by atoms with E-state index in [0.717, 1.165) is 17.7 Å². The molecule has 1 saturated carbocycles. The van der Waals surface area contributed by atoms with Crippen molar-refractivity contribution in [3.05, 3.63) is 65.7 Å². The van der Waals surface area contributed by atoms with Crippen LogP contribution in [0, 0.1) is 5.41 Å². The molecule has 1 nitrogen and oxygen atoms in total. The van der Waals surface area contributed by atoms with Gasteiger partial charge in [-0.15, -0.1) is 0 Å². The second-order valence-electron chi connectivity index (χ2n) is 5.84. The van der Waals surface area contributed by atoms with Gasteiger partial charge in [0.1, 0.15) is 5.75 Å². The van der Waals surface area contributed by atoms with Gasteiger partial charge < -0.3 is 4.74 Å². The van der Waals surface area contributed by atoms with E-state index >= 15 is 0 Å². The fraction of sp³-hybridized carbons (Fsp3) is 0.294. The monoisotopic (exact) mass is 304 g/mol. The zero-order valence-corrected chi connectivity index (χ0v) is 12.6. The molecular formula is C17H14Cl2O. The molecule has 0 aromatic heterocycles. The number of para-hydroxylation sites is 1. The van der Waals surface area contributed by atoms with Crippen LogP contribution in [0.15, 0.2) is 54.6 Å². The molecule has 3 heteroatoms. The standard InChI is InChI=1S/C17H14Cl2O/c1-15-11-12-7-5-6-10-14(12)20-16(15,17(15,18)19)13-8-3-2-4-9-13/h2-10H,11H2,1H3/t15-,16+/m1/s1. The van der Waals surface area contributed by atoms with E-state index in [-0.39, 0.29) is 5.41 Å². The Balaban J connectivity index is 1.92. The van der Waals surface area contributed by atoms with Crippen LogP contribution in [-0.4, -0.2) is 4.33 Å². The van der Waals surface area contributed by atoms with Gasteiger partial charge in [0.15, 0.2) is 9.93 Å². The lowest BCUT2D eigenvalue weighted by Crippen LogP contribution is -2.30. The van der Waals surface area contributed by atoms with Crippen molar-refractivity contribution in [3.63, 3.8) is 0 Å². The lowest BCUT2D eigenvalue weighted by atomic mass is 9.88. The van der Waals surface area contributed by atoms with Crippen LogP contribution in [0.2, 0.25) is 0 Å². The Morgan fingerprint density at radius 2 is 1.60 bits per heavy atom. The van der Waals surface area contributed by atoms with Gasteiger partial charge in [0, 0.05) is 0 Å². The highest BCUT2D eigenvalue weighted by Gasteiger charge is 2.88. The number of benzene rings is 2. The van der Waals surface area contributed by atoms with Crippen molar-refractivity contribution in [1.29, 1.82) is 0 Å². The summed E-state index contributed by atoms with van der Waals surface area (Å²) in [4.78, 5) is 0.